The van der Waals surface area contributed by atoms with Crippen molar-refractivity contribution < 1.29 is 13.2 Å². The van der Waals surface area contributed by atoms with Crippen molar-refractivity contribution >= 4 is 21.4 Å². The highest BCUT2D eigenvalue weighted by atomic mass is 32.2. The molecule has 1 rings (SSSR count). The van der Waals surface area contributed by atoms with Crippen LogP contribution in [0.15, 0.2) is 28.2 Å². The first-order valence-corrected chi connectivity index (χ1v) is 6.31. The average molecular weight is 279 g/mol. The van der Waals surface area contributed by atoms with Crippen LogP contribution in [-0.4, -0.2) is 21.2 Å². The number of nitrogens with zero attached hydrogens (tertiary/aromatic N) is 3. The van der Waals surface area contributed by atoms with E-state index < -0.39 is 15.7 Å². The summed E-state index contributed by atoms with van der Waals surface area (Å²) in [6.07, 6.45) is 0. The van der Waals surface area contributed by atoms with Crippen LogP contribution in [0.4, 0.5) is 5.69 Å². The quantitative estimate of drug-likeness (QED) is 0.593. The maximum atomic E-state index is 11.3. The second-order valence-corrected chi connectivity index (χ2v) is 4.74. The summed E-state index contributed by atoms with van der Waals surface area (Å²) in [5, 5.41) is 25.5. The largest absolute Gasteiger partial charge is 0.495 e. The topological polar surface area (TPSA) is 141 Å². The van der Waals surface area contributed by atoms with Gasteiger partial charge in [0.2, 0.25) is 15.7 Å². The number of nitriles is 2. The number of hydrazone groups is 1. The first-order valence-electron chi connectivity index (χ1n) is 4.77. The van der Waals surface area contributed by atoms with Gasteiger partial charge in [-0.15, -0.1) is 0 Å². The van der Waals surface area contributed by atoms with Gasteiger partial charge in [-0.1, -0.05) is 0 Å². The highest BCUT2D eigenvalue weighted by molar-refractivity contribution is 7.89. The SMILES string of the molecule is COc1ccc(NN=C(C#N)C#N)cc1S(N)(=O)=O. The second-order valence-electron chi connectivity index (χ2n) is 3.21. The summed E-state index contributed by atoms with van der Waals surface area (Å²) in [5.41, 5.74) is 2.23. The number of sulfonamides is 1. The normalized spacial score (nSPS) is 9.89. The molecule has 0 aliphatic heterocycles. The average Bonchev–Trinajstić information content (AvgIpc) is 2.38. The van der Waals surface area contributed by atoms with Gasteiger partial charge in [0.25, 0.3) is 0 Å². The molecule has 9 heteroatoms. The van der Waals surface area contributed by atoms with E-state index in [1.54, 1.807) is 12.1 Å². The number of ether oxygens (including phenoxy) is 1. The maximum Gasteiger partial charge on any atom is 0.241 e. The van der Waals surface area contributed by atoms with Gasteiger partial charge in [0, 0.05) is 0 Å². The number of methoxy groups -OCH3 is 1. The predicted octanol–water partition coefficient (Wildman–Crippen LogP) is 0.158. The second kappa shape index (κ2) is 5.82. The van der Waals surface area contributed by atoms with Crippen LogP contribution in [0.3, 0.4) is 0 Å². The lowest BCUT2D eigenvalue weighted by atomic mass is 10.3. The molecule has 0 heterocycles. The molecule has 0 amide bonds. The van der Waals surface area contributed by atoms with E-state index in [0.29, 0.717) is 0 Å². The zero-order valence-corrected chi connectivity index (χ0v) is 10.6. The lowest BCUT2D eigenvalue weighted by Gasteiger charge is -2.08. The van der Waals surface area contributed by atoms with E-state index in [4.69, 9.17) is 20.4 Å². The van der Waals surface area contributed by atoms with E-state index in [-0.39, 0.29) is 16.3 Å². The highest BCUT2D eigenvalue weighted by Gasteiger charge is 2.15. The van der Waals surface area contributed by atoms with Gasteiger partial charge in [-0.25, -0.2) is 13.6 Å². The minimum atomic E-state index is -3.96. The summed E-state index contributed by atoms with van der Waals surface area (Å²) < 4.78 is 27.6. The van der Waals surface area contributed by atoms with E-state index in [2.05, 4.69) is 10.5 Å². The fourth-order valence-corrected chi connectivity index (χ4v) is 1.89. The Balaban J connectivity index is 3.18. The molecule has 0 saturated carbocycles. The molecule has 1 aromatic rings. The van der Waals surface area contributed by atoms with Crippen molar-refractivity contribution in [3.05, 3.63) is 18.2 Å². The van der Waals surface area contributed by atoms with Gasteiger partial charge in [-0.2, -0.15) is 15.6 Å². The fraction of sp³-hybridized carbons (Fsp3) is 0.100. The molecule has 0 aromatic heterocycles. The first kappa shape index (κ1) is 14.4. The fourth-order valence-electron chi connectivity index (χ4n) is 1.16. The van der Waals surface area contributed by atoms with Gasteiger partial charge < -0.3 is 4.74 Å². The third-order valence-electron chi connectivity index (χ3n) is 1.98. The Morgan fingerprint density at radius 2 is 2.05 bits per heavy atom. The van der Waals surface area contributed by atoms with Crippen LogP contribution in [0.25, 0.3) is 0 Å². The van der Waals surface area contributed by atoms with Crippen molar-refractivity contribution in [1.82, 2.24) is 0 Å². The Morgan fingerprint density at radius 3 is 2.53 bits per heavy atom. The number of hydrogen-bond donors (Lipinski definition) is 2. The zero-order chi connectivity index (χ0) is 14.5. The molecule has 0 saturated heterocycles. The summed E-state index contributed by atoms with van der Waals surface area (Å²) in [7, 11) is -2.66. The smallest absolute Gasteiger partial charge is 0.241 e. The van der Waals surface area contributed by atoms with Crippen LogP contribution < -0.4 is 15.3 Å². The van der Waals surface area contributed by atoms with Crippen molar-refractivity contribution in [1.29, 1.82) is 10.5 Å². The number of nitrogens with two attached hydrogens (primary N) is 1. The maximum absolute atomic E-state index is 11.3. The van der Waals surface area contributed by atoms with Gasteiger partial charge in [0.05, 0.1) is 12.8 Å². The third kappa shape index (κ3) is 3.67. The van der Waals surface area contributed by atoms with Gasteiger partial charge in [-0.3, -0.25) is 5.43 Å². The van der Waals surface area contributed by atoms with Crippen molar-refractivity contribution in [3.8, 4) is 17.9 Å². The van der Waals surface area contributed by atoms with Gasteiger partial charge >= 0.3 is 0 Å². The Bertz CT molecular complexity index is 681. The van der Waals surface area contributed by atoms with Crippen LogP contribution in [0, 0.1) is 22.7 Å². The molecular formula is C10H9N5O3S. The van der Waals surface area contributed by atoms with Crippen LogP contribution >= 0.6 is 0 Å². The molecule has 0 unspecified atom stereocenters. The van der Waals surface area contributed by atoms with E-state index in [1.165, 1.54) is 25.3 Å². The standard InChI is InChI=1S/C10H9N5O3S/c1-18-9-3-2-7(4-10(9)19(13,16)17)14-15-8(5-11)6-12/h2-4,14H,1H3,(H2,13,16,17). The van der Waals surface area contributed by atoms with E-state index >= 15 is 0 Å². The van der Waals surface area contributed by atoms with Crippen LogP contribution in [0.1, 0.15) is 0 Å². The molecule has 0 radical (unpaired) electrons. The Hall–Kier alpha value is -2.62. The van der Waals surface area contributed by atoms with Crippen LogP contribution in [-0.2, 0) is 10.0 Å². The number of nitrogens with one attached hydrogen (secondary N) is 1. The molecule has 0 fully saturated rings. The minimum absolute atomic E-state index is 0.0813. The molecule has 19 heavy (non-hydrogen) atoms. The summed E-state index contributed by atoms with van der Waals surface area (Å²) in [6, 6.07) is 7.11. The lowest BCUT2D eigenvalue weighted by molar-refractivity contribution is 0.403. The van der Waals surface area contributed by atoms with Crippen molar-refractivity contribution in [3.63, 3.8) is 0 Å². The van der Waals surface area contributed by atoms with Gasteiger partial charge in [0.1, 0.15) is 22.8 Å². The van der Waals surface area contributed by atoms with Crippen molar-refractivity contribution in [2.24, 2.45) is 10.2 Å². The summed E-state index contributed by atoms with van der Waals surface area (Å²) in [5.74, 6) is 0.0813. The summed E-state index contributed by atoms with van der Waals surface area (Å²) >= 11 is 0. The van der Waals surface area contributed by atoms with Crippen LogP contribution in [0.2, 0.25) is 0 Å². The molecular weight excluding hydrogens is 270 g/mol. The number of hydrogen-bond acceptors (Lipinski definition) is 7. The molecule has 98 valence electrons. The Kier molecular flexibility index (Phi) is 4.42. The molecule has 0 aliphatic rings. The number of rotatable bonds is 4. The summed E-state index contributed by atoms with van der Waals surface area (Å²) in [6.45, 7) is 0. The molecule has 3 N–H and O–H groups in total. The molecule has 0 spiro atoms. The van der Waals surface area contributed by atoms with Crippen molar-refractivity contribution in [2.75, 3.05) is 12.5 Å². The Labute approximate surface area is 109 Å². The monoisotopic (exact) mass is 279 g/mol. The molecule has 0 aliphatic carbocycles. The molecule has 8 nitrogen and oxygen atoms in total. The number of benzene rings is 1. The van der Waals surface area contributed by atoms with E-state index in [0.717, 1.165) is 0 Å². The lowest BCUT2D eigenvalue weighted by Crippen LogP contribution is -2.13. The number of primary sulfonamides is 1. The molecule has 0 atom stereocenters. The predicted molar refractivity (Wildman–Crippen MR) is 66.7 cm³/mol. The van der Waals surface area contributed by atoms with Crippen molar-refractivity contribution in [2.45, 2.75) is 4.90 Å². The third-order valence-corrected chi connectivity index (χ3v) is 2.91. The number of anilines is 1. The van der Waals surface area contributed by atoms with Gasteiger partial charge in [0.15, 0.2) is 0 Å². The molecule has 1 aromatic carbocycles. The Morgan fingerprint density at radius 1 is 1.42 bits per heavy atom. The highest BCUT2D eigenvalue weighted by Crippen LogP contribution is 2.25. The first-order chi connectivity index (χ1) is 8.92. The zero-order valence-electron chi connectivity index (χ0n) is 9.78. The minimum Gasteiger partial charge on any atom is -0.495 e. The van der Waals surface area contributed by atoms with E-state index in [9.17, 15) is 8.42 Å². The van der Waals surface area contributed by atoms with Gasteiger partial charge in [-0.05, 0) is 18.2 Å². The molecule has 0 bridgehead atoms. The van der Waals surface area contributed by atoms with Crippen LogP contribution in [0.5, 0.6) is 5.75 Å². The van der Waals surface area contributed by atoms with E-state index in [1.807, 2.05) is 0 Å². The summed E-state index contributed by atoms with van der Waals surface area (Å²) in [4.78, 5) is -0.231.